The van der Waals surface area contributed by atoms with Crippen LogP contribution in [0.5, 0.6) is 0 Å². The summed E-state index contributed by atoms with van der Waals surface area (Å²) in [5.41, 5.74) is 0. The summed E-state index contributed by atoms with van der Waals surface area (Å²) in [7, 11) is 0. The number of halogens is 1. The van der Waals surface area contributed by atoms with Crippen molar-refractivity contribution in [2.45, 2.75) is 12.6 Å². The maximum absolute atomic E-state index is 10.4. The van der Waals surface area contributed by atoms with Gasteiger partial charge in [0.2, 0.25) is 0 Å². The average Bonchev–Trinajstić information content (AvgIpc) is 2.52. The molecule has 1 N–H and O–H groups in total. The predicted octanol–water partition coefficient (Wildman–Crippen LogP) is 0.587. The SMILES string of the molecule is O=[N+]([O-])c1nccn1CC(O)C[131I]. The van der Waals surface area contributed by atoms with E-state index in [-0.39, 0.29) is 12.5 Å². The van der Waals surface area contributed by atoms with E-state index < -0.39 is 11.0 Å². The lowest BCUT2D eigenvalue weighted by Crippen LogP contribution is -2.17. The van der Waals surface area contributed by atoms with E-state index in [4.69, 9.17) is 0 Å². The van der Waals surface area contributed by atoms with Gasteiger partial charge >= 0.3 is 5.95 Å². The number of alkyl halides is 1. The first kappa shape index (κ1) is 10.4. The molecule has 0 saturated heterocycles. The van der Waals surface area contributed by atoms with Gasteiger partial charge in [0.15, 0.2) is 0 Å². The quantitative estimate of drug-likeness (QED) is 0.382. The molecule has 6 nitrogen and oxygen atoms in total. The topological polar surface area (TPSA) is 81.2 Å². The number of hydrogen-bond acceptors (Lipinski definition) is 4. The molecule has 0 spiro atoms. The Kier molecular flexibility index (Phi) is 3.60. The van der Waals surface area contributed by atoms with E-state index in [9.17, 15) is 15.2 Å². The highest BCUT2D eigenvalue weighted by atomic mass is 131. The van der Waals surface area contributed by atoms with Gasteiger partial charge in [-0.15, -0.1) is 0 Å². The molecule has 0 bridgehead atoms. The normalized spacial score (nSPS) is 12.8. The molecule has 0 fully saturated rings. The van der Waals surface area contributed by atoms with E-state index in [1.807, 2.05) is 22.6 Å². The molecular formula is C6H8IN3O3. The van der Waals surface area contributed by atoms with Crippen LogP contribution in [0.25, 0.3) is 0 Å². The van der Waals surface area contributed by atoms with Gasteiger partial charge in [-0.1, -0.05) is 27.6 Å². The summed E-state index contributed by atoms with van der Waals surface area (Å²) >= 11 is 2.01. The number of imidazole rings is 1. The van der Waals surface area contributed by atoms with Crippen molar-refractivity contribution in [3.05, 3.63) is 22.5 Å². The first-order valence-electron chi connectivity index (χ1n) is 3.54. The monoisotopic (exact) mass is 301 g/mol. The van der Waals surface area contributed by atoms with Crippen molar-refractivity contribution in [2.75, 3.05) is 4.43 Å². The van der Waals surface area contributed by atoms with Crippen LogP contribution < -0.4 is 0 Å². The molecule has 0 aliphatic rings. The highest BCUT2D eigenvalue weighted by molar-refractivity contribution is 14.1. The molecule has 1 unspecified atom stereocenters. The van der Waals surface area contributed by atoms with Crippen molar-refractivity contribution in [1.82, 2.24) is 9.55 Å². The van der Waals surface area contributed by atoms with Crippen molar-refractivity contribution in [3.8, 4) is 0 Å². The minimum Gasteiger partial charge on any atom is -0.390 e. The third kappa shape index (κ3) is 2.62. The summed E-state index contributed by atoms with van der Waals surface area (Å²) in [6, 6.07) is 0. The Hall–Kier alpha value is -0.700. The van der Waals surface area contributed by atoms with Gasteiger partial charge in [0.05, 0.1) is 12.6 Å². The van der Waals surface area contributed by atoms with Crippen LogP contribution in [0.4, 0.5) is 5.95 Å². The van der Waals surface area contributed by atoms with Gasteiger partial charge in [-0.25, -0.2) is 4.57 Å². The smallest absolute Gasteiger partial charge is 0.390 e. The molecule has 0 amide bonds. The van der Waals surface area contributed by atoms with Crippen molar-refractivity contribution < 1.29 is 10.0 Å². The number of rotatable bonds is 4. The van der Waals surface area contributed by atoms with E-state index in [0.29, 0.717) is 4.43 Å². The Morgan fingerprint density at radius 1 is 1.85 bits per heavy atom. The Morgan fingerprint density at radius 3 is 3.08 bits per heavy atom. The van der Waals surface area contributed by atoms with Gasteiger partial charge in [0.25, 0.3) is 0 Å². The number of aliphatic hydroxyl groups is 1. The van der Waals surface area contributed by atoms with E-state index in [1.165, 1.54) is 17.0 Å². The fraction of sp³-hybridized carbons (Fsp3) is 0.500. The number of aromatic nitrogens is 2. The molecule has 0 saturated carbocycles. The molecular weight excluding hydrogens is 293 g/mol. The van der Waals surface area contributed by atoms with E-state index in [0.717, 1.165) is 0 Å². The highest BCUT2D eigenvalue weighted by Crippen LogP contribution is 2.08. The Labute approximate surface area is 87.9 Å². The van der Waals surface area contributed by atoms with Gasteiger partial charge in [-0.3, -0.25) is 0 Å². The van der Waals surface area contributed by atoms with Gasteiger partial charge in [0.1, 0.15) is 12.4 Å². The molecule has 7 heteroatoms. The Morgan fingerprint density at radius 2 is 2.54 bits per heavy atom. The lowest BCUT2D eigenvalue weighted by Gasteiger charge is -2.05. The van der Waals surface area contributed by atoms with Crippen molar-refractivity contribution in [1.29, 1.82) is 0 Å². The second-order valence-corrected chi connectivity index (χ2v) is 3.33. The minimum absolute atomic E-state index is 0.208. The van der Waals surface area contributed by atoms with Crippen LogP contribution in [0.1, 0.15) is 0 Å². The van der Waals surface area contributed by atoms with Crippen LogP contribution in [-0.2, 0) is 6.54 Å². The average molecular weight is 301 g/mol. The summed E-state index contributed by atoms with van der Waals surface area (Å²) < 4.78 is 1.86. The maximum atomic E-state index is 10.4. The Bertz CT molecular complexity index is 301. The third-order valence-corrected chi connectivity index (χ3v) is 2.46. The first-order valence-corrected chi connectivity index (χ1v) is 5.07. The summed E-state index contributed by atoms with van der Waals surface area (Å²) in [6.07, 6.45) is 2.25. The predicted molar refractivity (Wildman–Crippen MR) is 53.8 cm³/mol. The van der Waals surface area contributed by atoms with Gasteiger partial charge in [-0.2, -0.15) is 0 Å². The number of hydrogen-bond donors (Lipinski definition) is 1. The zero-order chi connectivity index (χ0) is 9.84. The van der Waals surface area contributed by atoms with Crippen LogP contribution >= 0.6 is 22.6 Å². The van der Waals surface area contributed by atoms with Crippen LogP contribution in [0.2, 0.25) is 0 Å². The lowest BCUT2D eigenvalue weighted by molar-refractivity contribution is -0.396. The first-order chi connectivity index (χ1) is 6.15. The molecule has 1 heterocycles. The molecule has 72 valence electrons. The fourth-order valence-corrected chi connectivity index (χ4v) is 1.17. The third-order valence-electron chi connectivity index (χ3n) is 1.44. The molecule has 1 aromatic heterocycles. The van der Waals surface area contributed by atoms with E-state index in [1.54, 1.807) is 0 Å². The summed E-state index contributed by atoms with van der Waals surface area (Å²) in [5.74, 6) is -0.232. The number of nitrogens with zero attached hydrogens (tertiary/aromatic N) is 3. The molecule has 1 aromatic rings. The fourth-order valence-electron chi connectivity index (χ4n) is 0.892. The molecule has 0 aliphatic carbocycles. The lowest BCUT2D eigenvalue weighted by atomic mass is 10.4. The Balaban J connectivity index is 2.76. The van der Waals surface area contributed by atoms with Crippen molar-refractivity contribution in [2.24, 2.45) is 0 Å². The standard InChI is InChI=1S/C6H8IN3O3/c7-3-5(11)4-9-2-1-8-6(9)10(12)13/h1-2,5,11H,3-4H2/i7+4. The summed E-state index contributed by atoms with van der Waals surface area (Å²) in [5, 5.41) is 19.6. The zero-order valence-corrected chi connectivity index (χ0v) is 8.79. The molecule has 0 aromatic carbocycles. The van der Waals surface area contributed by atoms with Crippen molar-refractivity contribution in [3.63, 3.8) is 0 Å². The molecule has 13 heavy (non-hydrogen) atoms. The van der Waals surface area contributed by atoms with Crippen LogP contribution in [0, 0.1) is 10.1 Å². The van der Waals surface area contributed by atoms with E-state index in [2.05, 4.69) is 4.98 Å². The molecule has 0 aliphatic heterocycles. The van der Waals surface area contributed by atoms with Crippen molar-refractivity contribution >= 4 is 28.5 Å². The van der Waals surface area contributed by atoms with Gasteiger partial charge in [0, 0.05) is 4.43 Å². The number of aliphatic hydroxyl groups excluding tert-OH is 1. The largest absolute Gasteiger partial charge is 0.434 e. The maximum Gasteiger partial charge on any atom is 0.434 e. The molecule has 0 radical (unpaired) electrons. The second-order valence-electron chi connectivity index (χ2n) is 2.44. The summed E-state index contributed by atoms with van der Waals surface area (Å²) in [6.45, 7) is 0.208. The minimum atomic E-state index is -0.575. The van der Waals surface area contributed by atoms with Crippen LogP contribution in [0.15, 0.2) is 12.4 Å². The van der Waals surface area contributed by atoms with Gasteiger partial charge < -0.3 is 15.2 Å². The number of nitro groups is 1. The van der Waals surface area contributed by atoms with E-state index >= 15 is 0 Å². The van der Waals surface area contributed by atoms with Crippen LogP contribution in [-0.4, -0.2) is 30.1 Å². The summed E-state index contributed by atoms with van der Waals surface area (Å²) in [4.78, 5) is 13.4. The zero-order valence-electron chi connectivity index (χ0n) is 6.63. The molecule has 1 rings (SSSR count). The molecule has 1 atom stereocenters. The van der Waals surface area contributed by atoms with Crippen LogP contribution in [0.3, 0.4) is 0 Å². The highest BCUT2D eigenvalue weighted by Gasteiger charge is 2.16. The van der Waals surface area contributed by atoms with Gasteiger partial charge in [-0.05, 0) is 4.92 Å². The second kappa shape index (κ2) is 4.51.